The Labute approximate surface area is 105 Å². The molecule has 0 bridgehead atoms. The predicted molar refractivity (Wildman–Crippen MR) is 71.9 cm³/mol. The summed E-state index contributed by atoms with van der Waals surface area (Å²) in [6, 6.07) is 4.01. The third kappa shape index (κ3) is 6.42. The molecule has 96 valence electrons. The lowest BCUT2D eigenvalue weighted by atomic mass is 10.00. The van der Waals surface area contributed by atoms with Crippen molar-refractivity contribution < 1.29 is 4.74 Å². The van der Waals surface area contributed by atoms with E-state index in [9.17, 15) is 0 Å². The first-order valence-corrected chi connectivity index (χ1v) is 6.67. The van der Waals surface area contributed by atoms with E-state index < -0.39 is 0 Å². The molecule has 0 aromatic carbocycles. The van der Waals surface area contributed by atoms with Gasteiger partial charge in [-0.15, -0.1) is 0 Å². The van der Waals surface area contributed by atoms with Crippen LogP contribution in [0.15, 0.2) is 24.5 Å². The summed E-state index contributed by atoms with van der Waals surface area (Å²) >= 11 is 0. The average molecular weight is 235 g/mol. The van der Waals surface area contributed by atoms with Crippen LogP contribution in [0.3, 0.4) is 0 Å². The van der Waals surface area contributed by atoms with Crippen molar-refractivity contribution in [3.8, 4) is 0 Å². The lowest BCUT2D eigenvalue weighted by molar-refractivity contribution is -0.0365. The number of rotatable bonds is 8. The second kappa shape index (κ2) is 7.44. The minimum absolute atomic E-state index is 0.0242. The molecule has 2 heteroatoms. The van der Waals surface area contributed by atoms with Gasteiger partial charge in [0.1, 0.15) is 0 Å². The number of nitrogens with zero attached hydrogens (tertiary/aromatic N) is 1. The van der Waals surface area contributed by atoms with Gasteiger partial charge in [-0.25, -0.2) is 0 Å². The number of hydrogen-bond donors (Lipinski definition) is 0. The first-order valence-electron chi connectivity index (χ1n) is 6.67. The molecule has 0 aliphatic carbocycles. The molecule has 0 saturated heterocycles. The van der Waals surface area contributed by atoms with Crippen molar-refractivity contribution in [3.63, 3.8) is 0 Å². The van der Waals surface area contributed by atoms with E-state index >= 15 is 0 Å². The Morgan fingerprint density at radius 1 is 1.24 bits per heavy atom. The van der Waals surface area contributed by atoms with Crippen LogP contribution >= 0.6 is 0 Å². The van der Waals surface area contributed by atoms with Crippen molar-refractivity contribution in [2.45, 2.75) is 65.1 Å². The third-order valence-electron chi connectivity index (χ3n) is 2.98. The zero-order valence-corrected chi connectivity index (χ0v) is 11.4. The molecular weight excluding hydrogens is 210 g/mol. The molecule has 0 aliphatic heterocycles. The van der Waals surface area contributed by atoms with Crippen LogP contribution in [0.1, 0.15) is 58.4 Å². The van der Waals surface area contributed by atoms with Crippen molar-refractivity contribution >= 4 is 0 Å². The Kier molecular flexibility index (Phi) is 6.20. The standard InChI is InChI=1S/C15H25NO/c1-4-5-6-7-10-15(2,3)17-13-14-9-8-11-16-12-14/h8-9,11-12H,4-7,10,13H2,1-3H3. The largest absolute Gasteiger partial charge is 0.371 e. The molecule has 0 atom stereocenters. The Balaban J connectivity index is 2.24. The van der Waals surface area contributed by atoms with Gasteiger partial charge in [0.25, 0.3) is 0 Å². The van der Waals surface area contributed by atoms with Gasteiger partial charge in [0, 0.05) is 12.4 Å². The summed E-state index contributed by atoms with van der Waals surface area (Å²) in [4.78, 5) is 4.09. The molecule has 2 nitrogen and oxygen atoms in total. The molecule has 0 saturated carbocycles. The van der Waals surface area contributed by atoms with Gasteiger partial charge in [-0.1, -0.05) is 38.7 Å². The highest BCUT2D eigenvalue weighted by molar-refractivity contribution is 5.06. The third-order valence-corrected chi connectivity index (χ3v) is 2.98. The van der Waals surface area contributed by atoms with Crippen molar-refractivity contribution in [3.05, 3.63) is 30.1 Å². The van der Waals surface area contributed by atoms with Crippen molar-refractivity contribution in [2.24, 2.45) is 0 Å². The van der Waals surface area contributed by atoms with E-state index in [2.05, 4.69) is 31.8 Å². The van der Waals surface area contributed by atoms with Gasteiger partial charge < -0.3 is 4.74 Å². The maximum Gasteiger partial charge on any atom is 0.0739 e. The van der Waals surface area contributed by atoms with Crippen LogP contribution < -0.4 is 0 Å². The molecular formula is C15H25NO. The summed E-state index contributed by atoms with van der Waals surface area (Å²) in [5.74, 6) is 0. The first-order chi connectivity index (χ1) is 8.14. The van der Waals surface area contributed by atoms with E-state index in [0.717, 1.165) is 12.0 Å². The highest BCUT2D eigenvalue weighted by atomic mass is 16.5. The first kappa shape index (κ1) is 14.2. The van der Waals surface area contributed by atoms with Crippen LogP contribution in [0, 0.1) is 0 Å². The summed E-state index contributed by atoms with van der Waals surface area (Å²) in [6.07, 6.45) is 9.99. The predicted octanol–water partition coefficient (Wildman–Crippen LogP) is 4.35. The highest BCUT2D eigenvalue weighted by Gasteiger charge is 2.17. The molecule has 1 aromatic heterocycles. The summed E-state index contributed by atoms with van der Waals surface area (Å²) < 4.78 is 5.96. The topological polar surface area (TPSA) is 22.1 Å². The van der Waals surface area contributed by atoms with Crippen LogP contribution in [0.25, 0.3) is 0 Å². The van der Waals surface area contributed by atoms with E-state index in [1.807, 2.05) is 12.3 Å². The summed E-state index contributed by atoms with van der Waals surface area (Å²) in [5.41, 5.74) is 1.12. The Morgan fingerprint density at radius 3 is 2.71 bits per heavy atom. The van der Waals surface area contributed by atoms with Gasteiger partial charge in [-0.05, 0) is 31.9 Å². The Morgan fingerprint density at radius 2 is 2.06 bits per heavy atom. The van der Waals surface area contributed by atoms with Gasteiger partial charge in [0.2, 0.25) is 0 Å². The molecule has 17 heavy (non-hydrogen) atoms. The molecule has 0 fully saturated rings. The second-order valence-corrected chi connectivity index (χ2v) is 5.22. The second-order valence-electron chi connectivity index (χ2n) is 5.22. The number of aromatic nitrogens is 1. The molecule has 0 spiro atoms. The van der Waals surface area contributed by atoms with E-state index in [0.29, 0.717) is 6.61 Å². The van der Waals surface area contributed by atoms with Crippen molar-refractivity contribution in [2.75, 3.05) is 0 Å². The van der Waals surface area contributed by atoms with Crippen LogP contribution in [-0.2, 0) is 11.3 Å². The number of ether oxygens (including phenoxy) is 1. The molecule has 0 N–H and O–H groups in total. The molecule has 0 aliphatic rings. The average Bonchev–Trinajstić information content (AvgIpc) is 2.34. The number of pyridine rings is 1. The molecule has 1 aromatic rings. The monoisotopic (exact) mass is 235 g/mol. The molecule has 1 heterocycles. The molecule has 1 rings (SSSR count). The number of hydrogen-bond acceptors (Lipinski definition) is 2. The normalized spacial score (nSPS) is 11.7. The van der Waals surface area contributed by atoms with Crippen LogP contribution in [-0.4, -0.2) is 10.6 Å². The summed E-state index contributed by atoms with van der Waals surface area (Å²) in [7, 11) is 0. The van der Waals surface area contributed by atoms with Gasteiger partial charge in [0.05, 0.1) is 12.2 Å². The van der Waals surface area contributed by atoms with Crippen LogP contribution in [0.5, 0.6) is 0 Å². The Bertz CT molecular complexity index is 295. The SMILES string of the molecule is CCCCCCC(C)(C)OCc1cccnc1. The van der Waals surface area contributed by atoms with Gasteiger partial charge in [-0.2, -0.15) is 0 Å². The lowest BCUT2D eigenvalue weighted by Crippen LogP contribution is -2.24. The van der Waals surface area contributed by atoms with Crippen molar-refractivity contribution in [1.82, 2.24) is 4.98 Å². The fourth-order valence-corrected chi connectivity index (χ4v) is 1.81. The smallest absolute Gasteiger partial charge is 0.0739 e. The zero-order valence-electron chi connectivity index (χ0n) is 11.4. The molecule has 0 amide bonds. The van der Waals surface area contributed by atoms with Gasteiger partial charge >= 0.3 is 0 Å². The minimum Gasteiger partial charge on any atom is -0.371 e. The maximum absolute atomic E-state index is 5.96. The molecule has 0 radical (unpaired) electrons. The summed E-state index contributed by atoms with van der Waals surface area (Å²) in [5, 5.41) is 0. The fraction of sp³-hybridized carbons (Fsp3) is 0.667. The quantitative estimate of drug-likeness (QED) is 0.625. The van der Waals surface area contributed by atoms with Crippen molar-refractivity contribution in [1.29, 1.82) is 0 Å². The zero-order chi connectivity index (χ0) is 12.6. The summed E-state index contributed by atoms with van der Waals surface area (Å²) in [6.45, 7) is 7.25. The van der Waals surface area contributed by atoms with E-state index in [1.54, 1.807) is 6.20 Å². The highest BCUT2D eigenvalue weighted by Crippen LogP contribution is 2.20. The van der Waals surface area contributed by atoms with E-state index in [4.69, 9.17) is 4.74 Å². The van der Waals surface area contributed by atoms with Gasteiger partial charge in [0.15, 0.2) is 0 Å². The van der Waals surface area contributed by atoms with Crippen LogP contribution in [0.2, 0.25) is 0 Å². The molecule has 0 unspecified atom stereocenters. The van der Waals surface area contributed by atoms with Crippen LogP contribution in [0.4, 0.5) is 0 Å². The van der Waals surface area contributed by atoms with E-state index in [-0.39, 0.29) is 5.60 Å². The van der Waals surface area contributed by atoms with E-state index in [1.165, 1.54) is 25.7 Å². The maximum atomic E-state index is 5.96. The van der Waals surface area contributed by atoms with Gasteiger partial charge in [-0.3, -0.25) is 4.98 Å². The minimum atomic E-state index is -0.0242. The Hall–Kier alpha value is -0.890. The fourth-order valence-electron chi connectivity index (χ4n) is 1.81. The lowest BCUT2D eigenvalue weighted by Gasteiger charge is -2.25. The number of unbranched alkanes of at least 4 members (excludes halogenated alkanes) is 3.